The van der Waals surface area contributed by atoms with Crippen LogP contribution in [0.4, 0.5) is 0 Å². The number of benzene rings is 2. The van der Waals surface area contributed by atoms with E-state index in [4.69, 9.17) is 0 Å². The predicted molar refractivity (Wildman–Crippen MR) is 121 cm³/mol. The molecular weight excluding hydrogens is 324 g/mol. The van der Waals surface area contributed by atoms with Gasteiger partial charge in [-0.15, -0.1) is 0 Å². The van der Waals surface area contributed by atoms with E-state index in [-0.39, 0.29) is 16.2 Å². The first-order valence-electron chi connectivity index (χ1n) is 10.4. The lowest BCUT2D eigenvalue weighted by Crippen LogP contribution is -2.28. The Kier molecular flexibility index (Phi) is 6.00. The van der Waals surface area contributed by atoms with Crippen LogP contribution in [0.2, 0.25) is 0 Å². The Morgan fingerprint density at radius 2 is 1.11 bits per heavy atom. The first-order valence-corrected chi connectivity index (χ1v) is 10.4. The Labute approximate surface area is 168 Å². The van der Waals surface area contributed by atoms with Crippen LogP contribution in [0.15, 0.2) is 42.5 Å². The molecule has 0 radical (unpaired) electrons. The van der Waals surface area contributed by atoms with Gasteiger partial charge in [0.15, 0.2) is 0 Å². The first-order chi connectivity index (χ1) is 12.2. The van der Waals surface area contributed by atoms with Crippen LogP contribution in [-0.2, 0) is 22.7 Å². The van der Waals surface area contributed by atoms with Crippen molar-refractivity contribution < 1.29 is 0 Å². The quantitative estimate of drug-likeness (QED) is 0.518. The minimum Gasteiger partial charge on any atom is -0.0622 e. The second-order valence-electron chi connectivity index (χ2n) is 11.3. The van der Waals surface area contributed by atoms with Crippen LogP contribution in [0, 0.1) is 0 Å². The third kappa shape index (κ3) is 5.24. The smallest absolute Gasteiger partial charge is 0.0126 e. The minimum absolute atomic E-state index is 0.134. The Morgan fingerprint density at radius 3 is 1.48 bits per heavy atom. The molecule has 0 spiro atoms. The molecule has 2 rings (SSSR count). The first kappa shape index (κ1) is 21.7. The monoisotopic (exact) mass is 364 g/mol. The summed E-state index contributed by atoms with van der Waals surface area (Å²) >= 11 is 0. The predicted octanol–water partition coefficient (Wildman–Crippen LogP) is 7.93. The van der Waals surface area contributed by atoms with E-state index in [0.717, 1.165) is 6.42 Å². The average Bonchev–Trinajstić information content (AvgIpc) is 2.52. The van der Waals surface area contributed by atoms with Crippen molar-refractivity contribution in [2.24, 2.45) is 0 Å². The molecule has 0 amide bonds. The van der Waals surface area contributed by atoms with Crippen molar-refractivity contribution in [2.45, 2.75) is 97.8 Å². The fraction of sp³-hybridized carbons (Fsp3) is 0.556. The van der Waals surface area contributed by atoms with Gasteiger partial charge in [0.2, 0.25) is 0 Å². The number of hydrogen-bond acceptors (Lipinski definition) is 0. The molecule has 0 heteroatoms. The summed E-state index contributed by atoms with van der Waals surface area (Å²) in [6.07, 6.45) is 1.08. The summed E-state index contributed by atoms with van der Waals surface area (Å²) in [4.78, 5) is 0. The minimum atomic E-state index is 0.134. The van der Waals surface area contributed by atoms with Crippen LogP contribution < -0.4 is 0 Å². The lowest BCUT2D eigenvalue weighted by Gasteiger charge is -2.37. The van der Waals surface area contributed by atoms with E-state index in [0.29, 0.717) is 5.92 Å². The molecule has 0 fully saturated rings. The van der Waals surface area contributed by atoms with Gasteiger partial charge in [-0.05, 0) is 56.4 Å². The summed E-state index contributed by atoms with van der Waals surface area (Å²) in [5.74, 6) is 0.521. The van der Waals surface area contributed by atoms with Gasteiger partial charge in [-0.3, -0.25) is 0 Å². The molecule has 1 unspecified atom stereocenters. The van der Waals surface area contributed by atoms with Crippen molar-refractivity contribution in [1.82, 2.24) is 0 Å². The molecule has 0 saturated heterocycles. The van der Waals surface area contributed by atoms with Crippen molar-refractivity contribution in [3.63, 3.8) is 0 Å². The molecule has 0 bridgehead atoms. The summed E-state index contributed by atoms with van der Waals surface area (Å²) in [6.45, 7) is 23.6. The van der Waals surface area contributed by atoms with Gasteiger partial charge in [0.05, 0.1) is 0 Å². The average molecular weight is 365 g/mol. The molecule has 0 aliphatic rings. The molecule has 2 aromatic rings. The maximum absolute atomic E-state index is 2.50. The van der Waals surface area contributed by atoms with Gasteiger partial charge in [0, 0.05) is 0 Å². The molecule has 0 N–H and O–H groups in total. The third-order valence-electron chi connectivity index (χ3n) is 5.47. The molecule has 2 aromatic carbocycles. The molecular formula is C27H40. The maximum Gasteiger partial charge on any atom is -0.0126 e. The zero-order valence-electron chi connectivity index (χ0n) is 19.3. The lowest BCUT2D eigenvalue weighted by molar-refractivity contribution is 0.496. The van der Waals surface area contributed by atoms with Gasteiger partial charge in [0.1, 0.15) is 0 Å². The molecule has 0 saturated carbocycles. The highest BCUT2D eigenvalue weighted by molar-refractivity contribution is 5.49. The highest BCUT2D eigenvalue weighted by Gasteiger charge is 2.32. The van der Waals surface area contributed by atoms with Gasteiger partial charge < -0.3 is 0 Å². The van der Waals surface area contributed by atoms with E-state index in [1.165, 1.54) is 22.3 Å². The Balaban J connectivity index is 2.64. The Bertz CT molecular complexity index is 723. The van der Waals surface area contributed by atoms with Crippen molar-refractivity contribution in [3.8, 4) is 0 Å². The van der Waals surface area contributed by atoms with Crippen molar-refractivity contribution in [1.29, 1.82) is 0 Å². The topological polar surface area (TPSA) is 0 Å². The van der Waals surface area contributed by atoms with E-state index in [2.05, 4.69) is 112 Å². The maximum atomic E-state index is 2.50. The summed E-state index contributed by atoms with van der Waals surface area (Å²) in [6, 6.07) is 15.9. The van der Waals surface area contributed by atoms with Gasteiger partial charge in [-0.2, -0.15) is 0 Å². The van der Waals surface area contributed by atoms with E-state index in [9.17, 15) is 0 Å². The van der Waals surface area contributed by atoms with Gasteiger partial charge >= 0.3 is 0 Å². The van der Waals surface area contributed by atoms with Gasteiger partial charge in [0.25, 0.3) is 0 Å². The van der Waals surface area contributed by atoms with E-state index >= 15 is 0 Å². The molecule has 27 heavy (non-hydrogen) atoms. The zero-order valence-corrected chi connectivity index (χ0v) is 19.3. The summed E-state index contributed by atoms with van der Waals surface area (Å²) in [5.41, 5.74) is 7.85. The normalized spacial score (nSPS) is 14.3. The summed E-state index contributed by atoms with van der Waals surface area (Å²) in [5, 5.41) is 0. The second kappa shape index (κ2) is 7.46. The lowest BCUT2D eigenvalue weighted by atomic mass is 9.67. The highest BCUT2D eigenvalue weighted by Crippen LogP contribution is 2.42. The van der Waals surface area contributed by atoms with E-state index in [1.54, 1.807) is 5.56 Å². The molecule has 0 nitrogen and oxygen atoms in total. The van der Waals surface area contributed by atoms with E-state index < -0.39 is 0 Å². The van der Waals surface area contributed by atoms with E-state index in [1.807, 2.05) is 0 Å². The van der Waals surface area contributed by atoms with Crippen LogP contribution in [0.5, 0.6) is 0 Å². The second-order valence-corrected chi connectivity index (χ2v) is 11.3. The van der Waals surface area contributed by atoms with Gasteiger partial charge in [-0.25, -0.2) is 0 Å². The van der Waals surface area contributed by atoms with Crippen LogP contribution in [0.25, 0.3) is 0 Å². The number of hydrogen-bond donors (Lipinski definition) is 0. The van der Waals surface area contributed by atoms with Gasteiger partial charge in [-0.1, -0.05) is 112 Å². The molecule has 0 heterocycles. The molecule has 0 aliphatic heterocycles. The molecule has 0 aliphatic carbocycles. The Hall–Kier alpha value is -1.56. The van der Waals surface area contributed by atoms with Crippen molar-refractivity contribution in [2.75, 3.05) is 0 Å². The summed E-state index contributed by atoms with van der Waals surface area (Å²) in [7, 11) is 0. The zero-order chi connectivity index (χ0) is 20.6. The highest BCUT2D eigenvalue weighted by atomic mass is 14.4. The fourth-order valence-electron chi connectivity index (χ4n) is 4.06. The van der Waals surface area contributed by atoms with Crippen molar-refractivity contribution >= 4 is 0 Å². The third-order valence-corrected chi connectivity index (χ3v) is 5.47. The molecule has 1 atom stereocenters. The fourth-order valence-corrected chi connectivity index (χ4v) is 4.06. The standard InChI is InChI=1S/C27H40/c1-19(21-14-12-11-13-15-21)16-20-17-22(25(2,3)4)24(27(8,9)10)23(18-20)26(5,6)7/h11-15,17-19H,16H2,1-10H3. The number of rotatable bonds is 3. The van der Waals surface area contributed by atoms with Crippen molar-refractivity contribution in [3.05, 3.63) is 70.3 Å². The molecule has 0 aromatic heterocycles. The van der Waals surface area contributed by atoms with Crippen LogP contribution in [-0.4, -0.2) is 0 Å². The van der Waals surface area contributed by atoms with Crippen LogP contribution >= 0.6 is 0 Å². The molecule has 148 valence electrons. The Morgan fingerprint density at radius 1 is 0.667 bits per heavy atom. The summed E-state index contributed by atoms with van der Waals surface area (Å²) < 4.78 is 0. The largest absolute Gasteiger partial charge is 0.0622 e. The van der Waals surface area contributed by atoms with Crippen LogP contribution in [0.3, 0.4) is 0 Å². The van der Waals surface area contributed by atoms with Crippen LogP contribution in [0.1, 0.15) is 103 Å². The SMILES string of the molecule is CC(Cc1cc(C(C)(C)C)c(C(C)(C)C)c(C(C)(C)C)c1)c1ccccc1.